The van der Waals surface area contributed by atoms with Crippen molar-refractivity contribution in [1.29, 1.82) is 0 Å². The Morgan fingerprint density at radius 1 is 1.31 bits per heavy atom. The molecule has 3 nitrogen and oxygen atoms in total. The summed E-state index contributed by atoms with van der Waals surface area (Å²) < 4.78 is 4.71. The lowest BCUT2D eigenvalue weighted by Gasteiger charge is -2.01. The molecule has 0 aromatic heterocycles. The second-order valence-electron chi connectivity index (χ2n) is 2.89. The lowest BCUT2D eigenvalue weighted by molar-refractivity contribution is -0.139. The van der Waals surface area contributed by atoms with Crippen molar-refractivity contribution >= 4 is 34.4 Å². The summed E-state index contributed by atoms with van der Waals surface area (Å²) in [4.78, 5) is 22.6. The monoisotopic (exact) mass is 258 g/mol. The molecule has 0 heterocycles. The Labute approximate surface area is 103 Å². The molecule has 0 fully saturated rings. The Morgan fingerprint density at radius 3 is 2.50 bits per heavy atom. The Balaban J connectivity index is 2.47. The maximum atomic E-state index is 11.6. The lowest BCUT2D eigenvalue weighted by Crippen LogP contribution is -2.08. The number of thioether (sulfide) groups is 1. The first-order valence-corrected chi connectivity index (χ1v) is 6.08. The van der Waals surface area contributed by atoms with Crippen molar-refractivity contribution in [2.45, 2.75) is 6.92 Å². The number of ether oxygens (including phenoxy) is 1. The van der Waals surface area contributed by atoms with Crippen molar-refractivity contribution in [2.75, 3.05) is 12.4 Å². The van der Waals surface area contributed by atoms with E-state index in [4.69, 9.17) is 16.3 Å². The zero-order valence-electron chi connectivity index (χ0n) is 8.73. The van der Waals surface area contributed by atoms with Gasteiger partial charge in [-0.3, -0.25) is 9.59 Å². The molecule has 0 N–H and O–H groups in total. The molecule has 0 atom stereocenters. The highest BCUT2D eigenvalue weighted by atomic mass is 35.5. The Kier molecular flexibility index (Phi) is 5.35. The predicted octanol–water partition coefficient (Wildman–Crippen LogP) is 2.78. The average molecular weight is 259 g/mol. The first-order chi connectivity index (χ1) is 7.63. The van der Waals surface area contributed by atoms with E-state index in [-0.39, 0.29) is 16.8 Å². The summed E-state index contributed by atoms with van der Waals surface area (Å²) >= 11 is 6.62. The highest BCUT2D eigenvalue weighted by molar-refractivity contribution is 8.14. The number of halogens is 1. The van der Waals surface area contributed by atoms with Crippen molar-refractivity contribution in [3.8, 4) is 0 Å². The fraction of sp³-hybridized carbons (Fsp3) is 0.273. The second kappa shape index (κ2) is 6.55. The molecule has 0 saturated carbocycles. The summed E-state index contributed by atoms with van der Waals surface area (Å²) in [5, 5.41) is 0.414. The molecule has 86 valence electrons. The molecule has 0 unspecified atom stereocenters. The largest absolute Gasteiger partial charge is 0.465 e. The van der Waals surface area contributed by atoms with Crippen molar-refractivity contribution < 1.29 is 14.3 Å². The third-order valence-electron chi connectivity index (χ3n) is 1.71. The van der Waals surface area contributed by atoms with E-state index >= 15 is 0 Å². The van der Waals surface area contributed by atoms with Crippen LogP contribution >= 0.6 is 23.4 Å². The van der Waals surface area contributed by atoms with Gasteiger partial charge in [-0.05, 0) is 31.2 Å². The van der Waals surface area contributed by atoms with E-state index in [1.807, 2.05) is 0 Å². The third kappa shape index (κ3) is 4.24. The molecule has 0 bridgehead atoms. The van der Waals surface area contributed by atoms with Gasteiger partial charge in [0.15, 0.2) is 0 Å². The maximum Gasteiger partial charge on any atom is 0.316 e. The number of rotatable bonds is 4. The molecule has 16 heavy (non-hydrogen) atoms. The van der Waals surface area contributed by atoms with Gasteiger partial charge in [-0.1, -0.05) is 23.4 Å². The molecule has 0 aliphatic rings. The van der Waals surface area contributed by atoms with E-state index in [0.29, 0.717) is 17.2 Å². The summed E-state index contributed by atoms with van der Waals surface area (Å²) in [6.45, 7) is 2.05. The molecule has 0 saturated heterocycles. The molecular weight excluding hydrogens is 248 g/mol. The third-order valence-corrected chi connectivity index (χ3v) is 2.84. The summed E-state index contributed by atoms with van der Waals surface area (Å²) in [6, 6.07) is 6.53. The van der Waals surface area contributed by atoms with Crippen LogP contribution in [0, 0.1) is 0 Å². The highest BCUT2D eigenvalue weighted by Crippen LogP contribution is 2.15. The van der Waals surface area contributed by atoms with Crippen LogP contribution in [0.2, 0.25) is 5.02 Å². The molecule has 1 aromatic rings. The number of benzene rings is 1. The van der Waals surface area contributed by atoms with E-state index in [0.717, 1.165) is 11.8 Å². The van der Waals surface area contributed by atoms with Gasteiger partial charge in [-0.25, -0.2) is 0 Å². The van der Waals surface area contributed by atoms with E-state index in [1.165, 1.54) is 0 Å². The number of carbonyl (C=O) groups is 2. The summed E-state index contributed by atoms with van der Waals surface area (Å²) in [5.74, 6) is -0.343. The van der Waals surface area contributed by atoms with Crippen LogP contribution in [-0.4, -0.2) is 23.4 Å². The predicted molar refractivity (Wildman–Crippen MR) is 64.9 cm³/mol. The van der Waals surface area contributed by atoms with Gasteiger partial charge in [-0.15, -0.1) is 0 Å². The first kappa shape index (κ1) is 13.1. The fourth-order valence-electron chi connectivity index (χ4n) is 0.996. The normalized spacial score (nSPS) is 9.88. The Morgan fingerprint density at radius 2 is 1.94 bits per heavy atom. The topological polar surface area (TPSA) is 43.4 Å². The molecule has 5 heteroatoms. The van der Waals surface area contributed by atoms with E-state index in [2.05, 4.69) is 0 Å². The molecular formula is C11H11ClO3S. The quantitative estimate of drug-likeness (QED) is 0.779. The summed E-state index contributed by atoms with van der Waals surface area (Å²) in [5.41, 5.74) is 0.527. The van der Waals surface area contributed by atoms with E-state index in [1.54, 1.807) is 31.2 Å². The summed E-state index contributed by atoms with van der Waals surface area (Å²) in [7, 11) is 0. The van der Waals surface area contributed by atoms with Crippen LogP contribution in [0.15, 0.2) is 24.3 Å². The average Bonchev–Trinajstić information content (AvgIpc) is 2.27. The van der Waals surface area contributed by atoms with Crippen molar-refractivity contribution in [2.24, 2.45) is 0 Å². The minimum atomic E-state index is -0.380. The molecule has 0 amide bonds. The molecule has 0 aliphatic heterocycles. The van der Waals surface area contributed by atoms with Gasteiger partial charge in [0.1, 0.15) is 0 Å². The van der Waals surface area contributed by atoms with Crippen LogP contribution in [0.5, 0.6) is 0 Å². The second-order valence-corrected chi connectivity index (χ2v) is 4.27. The first-order valence-electron chi connectivity index (χ1n) is 4.71. The molecule has 0 spiro atoms. The molecule has 0 aliphatic carbocycles. The van der Waals surface area contributed by atoms with Crippen molar-refractivity contribution in [3.63, 3.8) is 0 Å². The Hall–Kier alpha value is -1.00. The lowest BCUT2D eigenvalue weighted by atomic mass is 10.2. The number of hydrogen-bond donors (Lipinski definition) is 0. The van der Waals surface area contributed by atoms with Crippen LogP contribution in [-0.2, 0) is 9.53 Å². The minimum Gasteiger partial charge on any atom is -0.465 e. The standard InChI is InChI=1S/C11H11ClO3S/c1-2-15-10(13)7-16-11(14)8-3-5-9(12)6-4-8/h3-6H,2,7H2,1H3. The molecule has 0 radical (unpaired) electrons. The van der Waals surface area contributed by atoms with Crippen LogP contribution < -0.4 is 0 Å². The Bertz CT molecular complexity index is 375. The van der Waals surface area contributed by atoms with Gasteiger partial charge in [0.05, 0.1) is 12.4 Å². The number of esters is 1. The zero-order valence-corrected chi connectivity index (χ0v) is 10.3. The van der Waals surface area contributed by atoms with Crippen LogP contribution in [0.25, 0.3) is 0 Å². The van der Waals surface area contributed by atoms with Gasteiger partial charge in [0, 0.05) is 10.6 Å². The zero-order chi connectivity index (χ0) is 12.0. The minimum absolute atomic E-state index is 0.0370. The van der Waals surface area contributed by atoms with Gasteiger partial charge in [0.25, 0.3) is 0 Å². The van der Waals surface area contributed by atoms with E-state index < -0.39 is 0 Å². The maximum absolute atomic E-state index is 11.6. The van der Waals surface area contributed by atoms with E-state index in [9.17, 15) is 9.59 Å². The van der Waals surface area contributed by atoms with Crippen LogP contribution in [0.1, 0.15) is 17.3 Å². The van der Waals surface area contributed by atoms with Crippen molar-refractivity contribution in [3.05, 3.63) is 34.9 Å². The SMILES string of the molecule is CCOC(=O)CSC(=O)c1ccc(Cl)cc1. The summed E-state index contributed by atoms with van der Waals surface area (Å²) in [6.07, 6.45) is 0. The molecule has 1 rings (SSSR count). The van der Waals surface area contributed by atoms with Gasteiger partial charge < -0.3 is 4.74 Å². The smallest absolute Gasteiger partial charge is 0.316 e. The van der Waals surface area contributed by atoms with Crippen LogP contribution in [0.4, 0.5) is 0 Å². The molecule has 1 aromatic carbocycles. The fourth-order valence-corrected chi connectivity index (χ4v) is 1.76. The van der Waals surface area contributed by atoms with Crippen LogP contribution in [0.3, 0.4) is 0 Å². The van der Waals surface area contributed by atoms with Gasteiger partial charge in [0.2, 0.25) is 5.12 Å². The van der Waals surface area contributed by atoms with Gasteiger partial charge >= 0.3 is 5.97 Å². The van der Waals surface area contributed by atoms with Crippen molar-refractivity contribution in [1.82, 2.24) is 0 Å². The van der Waals surface area contributed by atoms with Gasteiger partial charge in [-0.2, -0.15) is 0 Å². The number of hydrogen-bond acceptors (Lipinski definition) is 4. The number of carbonyl (C=O) groups excluding carboxylic acids is 2. The highest BCUT2D eigenvalue weighted by Gasteiger charge is 2.10.